The summed E-state index contributed by atoms with van der Waals surface area (Å²) < 4.78 is 134. The lowest BCUT2D eigenvalue weighted by Gasteiger charge is -2.37. The van der Waals surface area contributed by atoms with Crippen molar-refractivity contribution in [2.24, 2.45) is 17.8 Å². The van der Waals surface area contributed by atoms with Crippen LogP contribution in [0, 0.1) is 42.1 Å². The zero-order valence-corrected chi connectivity index (χ0v) is 63.1. The summed E-state index contributed by atoms with van der Waals surface area (Å²) in [6, 6.07) is 59.2. The maximum Gasteiger partial charge on any atom is 0.348 e. The summed E-state index contributed by atoms with van der Waals surface area (Å²) in [6.07, 6.45) is -0.490. The fraction of sp³-hybridized carbons (Fsp3) is 0.314. The van der Waals surface area contributed by atoms with Crippen molar-refractivity contribution in [3.63, 3.8) is 0 Å². The predicted octanol–water partition coefficient (Wildman–Crippen LogP) is 20.7. The molecule has 0 saturated heterocycles. The monoisotopic (exact) mass is 1560 g/mol. The Morgan fingerprint density at radius 2 is 0.688 bits per heavy atom. The highest BCUT2D eigenvalue weighted by Crippen LogP contribution is 2.55. The van der Waals surface area contributed by atoms with Gasteiger partial charge >= 0.3 is 29.8 Å². The van der Waals surface area contributed by atoms with Crippen molar-refractivity contribution in [2.45, 2.75) is 132 Å². The summed E-state index contributed by atoms with van der Waals surface area (Å²) in [6.45, 7) is 5.47. The Morgan fingerprint density at radius 3 is 0.963 bits per heavy atom. The summed E-state index contributed by atoms with van der Waals surface area (Å²) in [4.78, 5) is 62.4. The fourth-order valence-electron chi connectivity index (χ4n) is 13.2. The van der Waals surface area contributed by atoms with Crippen LogP contribution < -0.4 is 14.2 Å². The molecule has 0 spiro atoms. The average molecular weight is 1560 g/mol. The van der Waals surface area contributed by atoms with Gasteiger partial charge < -0.3 is 43.0 Å². The van der Waals surface area contributed by atoms with Gasteiger partial charge in [0.1, 0.15) is 17.2 Å². The first-order valence-corrected chi connectivity index (χ1v) is 36.4. The minimum atomic E-state index is -2.72. The van der Waals surface area contributed by atoms with Crippen molar-refractivity contribution in [1.82, 2.24) is 0 Å². The van der Waals surface area contributed by atoms with Crippen LogP contribution in [0.25, 0.3) is 0 Å². The largest absolute Gasteiger partial charge is 0.467 e. The van der Waals surface area contributed by atoms with Gasteiger partial charge in [-0.25, -0.2) is 40.7 Å². The summed E-state index contributed by atoms with van der Waals surface area (Å²) in [7, 11) is 3.32. The highest BCUT2D eigenvalue weighted by molar-refractivity contribution is 6.31. The number of halogens is 9. The standard InChI is InChI=1S/2C29H27ClF2O5.C15H18ClFO3.C13H11FO/c2*1-18(33)36-26(17-19-8-15-24(31)25(16-19)37-23-6-4-3-5-7-23)29(32,28(34)35-2)27(20-9-10-20)21-11-13-22(30)14-12-21;1-9(18)15(17,14(19)20-2)13(10-3-4-10)11-5-7-12(16)8-6-11;1-10-7-8-12(14)13(9-10)15-11-5-3-2-4-6-11/h2*3-8,11-16,20,26-27H,9-10,17H2,1-2H3;5-10,13,18H,3-4H2,1-2H3;2-9H,1H3/t26?,27-,29?;26-,27+,29+;9?,13-,15?;/m101./s1. The number of aliphatic hydroxyl groups excluding tert-OH is 1. The van der Waals surface area contributed by atoms with Gasteiger partial charge in [0.2, 0.25) is 5.67 Å². The molecule has 9 atom stereocenters. The van der Waals surface area contributed by atoms with E-state index in [9.17, 15) is 42.3 Å². The quantitative estimate of drug-likeness (QED) is 0.0292. The number of hydrogen-bond acceptors (Lipinski definition) is 14. The third-order valence-corrected chi connectivity index (χ3v) is 19.6. The highest BCUT2D eigenvalue weighted by Gasteiger charge is 2.62. The molecule has 14 nitrogen and oxygen atoms in total. The number of alkyl halides is 3. The van der Waals surface area contributed by atoms with E-state index < -0.39 is 94.6 Å². The van der Waals surface area contributed by atoms with Gasteiger partial charge in [-0.15, -0.1) is 0 Å². The molecule has 4 unspecified atom stereocenters. The molecule has 0 aliphatic heterocycles. The van der Waals surface area contributed by atoms with Gasteiger partial charge in [0.05, 0.1) is 27.4 Å². The maximum absolute atomic E-state index is 17.3. The number of rotatable bonds is 27. The second kappa shape index (κ2) is 38.0. The average Bonchev–Trinajstić information content (AvgIpc) is 1.73. The van der Waals surface area contributed by atoms with E-state index in [2.05, 4.69) is 4.74 Å². The molecule has 9 aromatic carbocycles. The summed E-state index contributed by atoms with van der Waals surface area (Å²) >= 11 is 17.9. The number of benzene rings is 9. The molecule has 9 aromatic rings. The van der Waals surface area contributed by atoms with Gasteiger partial charge in [0.25, 0.3) is 11.3 Å². The lowest BCUT2D eigenvalue weighted by Crippen LogP contribution is -2.54. The van der Waals surface area contributed by atoms with Crippen LogP contribution in [0.2, 0.25) is 15.1 Å². The summed E-state index contributed by atoms with van der Waals surface area (Å²) in [5.41, 5.74) is -4.33. The number of aryl methyl sites for hydroxylation is 1. The van der Waals surface area contributed by atoms with Crippen LogP contribution >= 0.6 is 34.8 Å². The molecule has 1 N–H and O–H groups in total. The van der Waals surface area contributed by atoms with Crippen LogP contribution in [-0.2, 0) is 60.5 Å². The number of ether oxygens (including phenoxy) is 8. The van der Waals surface area contributed by atoms with Crippen LogP contribution in [-0.4, -0.2) is 91.6 Å². The van der Waals surface area contributed by atoms with Crippen LogP contribution in [0.15, 0.2) is 218 Å². The normalized spacial score (nSPS) is 16.2. The van der Waals surface area contributed by atoms with E-state index in [-0.39, 0.29) is 53.7 Å². The minimum Gasteiger partial charge on any atom is -0.467 e. The van der Waals surface area contributed by atoms with Crippen LogP contribution in [0.1, 0.15) is 110 Å². The van der Waals surface area contributed by atoms with Crippen molar-refractivity contribution in [3.05, 3.63) is 284 Å². The Hall–Kier alpha value is -9.86. The molecule has 0 bridgehead atoms. The predicted molar refractivity (Wildman–Crippen MR) is 402 cm³/mol. The Kier molecular flexibility index (Phi) is 29.0. The number of para-hydroxylation sites is 3. The first-order valence-electron chi connectivity index (χ1n) is 35.2. The Bertz CT molecular complexity index is 4320. The SMILES string of the molecule is COC(=O)C(F)(C(C)O)[C@@H](c1ccc(Cl)cc1)C1CC1.COC(=O)C(F)(C(Cc1ccc(F)c(Oc2ccccc2)c1)OC(C)=O)[C@@H](c1ccc(Cl)cc1)C1CC1.COC(=O)[C@@](F)([C@H](Cc1ccc(F)c(Oc2ccccc2)c1)OC(C)=O)[C@@H](c1ccc(Cl)cc1)C1CC1.Cc1ccc(F)c(Oc2ccccc2)c1. The van der Waals surface area contributed by atoms with Crippen molar-refractivity contribution in [3.8, 4) is 34.5 Å². The smallest absolute Gasteiger partial charge is 0.348 e. The molecule has 109 heavy (non-hydrogen) atoms. The number of methoxy groups -OCH3 is 3. The van der Waals surface area contributed by atoms with E-state index >= 15 is 13.2 Å². The van der Waals surface area contributed by atoms with E-state index in [4.69, 9.17) is 68.0 Å². The van der Waals surface area contributed by atoms with Gasteiger partial charge in [0.15, 0.2) is 46.9 Å². The van der Waals surface area contributed by atoms with Crippen LogP contribution in [0.3, 0.4) is 0 Å². The molecule has 0 radical (unpaired) electrons. The number of carbonyl (C=O) groups is 5. The molecule has 12 rings (SSSR count). The lowest BCUT2D eigenvalue weighted by molar-refractivity contribution is -0.178. The molecular weight excluding hydrogens is 1480 g/mol. The minimum absolute atomic E-state index is 0.0369. The molecular formula is C86H83Cl3F6O14. The zero-order chi connectivity index (χ0) is 78.7. The van der Waals surface area contributed by atoms with Gasteiger partial charge in [-0.05, 0) is 213 Å². The lowest BCUT2D eigenvalue weighted by atomic mass is 9.75. The number of esters is 5. The first-order chi connectivity index (χ1) is 52.1. The van der Waals surface area contributed by atoms with E-state index in [0.29, 0.717) is 85.8 Å². The van der Waals surface area contributed by atoms with Crippen molar-refractivity contribution in [1.29, 1.82) is 0 Å². The van der Waals surface area contributed by atoms with Crippen molar-refractivity contribution >= 4 is 64.6 Å². The van der Waals surface area contributed by atoms with Gasteiger partial charge in [0, 0.05) is 59.5 Å². The van der Waals surface area contributed by atoms with E-state index in [0.717, 1.165) is 53.6 Å². The fourth-order valence-corrected chi connectivity index (χ4v) is 13.6. The molecule has 574 valence electrons. The van der Waals surface area contributed by atoms with Gasteiger partial charge in [-0.3, -0.25) is 9.59 Å². The van der Waals surface area contributed by atoms with Gasteiger partial charge in [-0.1, -0.05) is 144 Å². The van der Waals surface area contributed by atoms with Crippen LogP contribution in [0.5, 0.6) is 34.5 Å². The van der Waals surface area contributed by atoms with Crippen molar-refractivity contribution in [2.75, 3.05) is 21.3 Å². The molecule has 3 aliphatic rings. The third kappa shape index (κ3) is 21.8. The third-order valence-electron chi connectivity index (χ3n) is 18.8. The van der Waals surface area contributed by atoms with E-state index in [1.54, 1.807) is 158 Å². The molecule has 0 heterocycles. The molecule has 0 aromatic heterocycles. The highest BCUT2D eigenvalue weighted by atomic mass is 35.5. The number of carbonyl (C=O) groups excluding carboxylic acids is 5. The van der Waals surface area contributed by atoms with Crippen LogP contribution in [0.4, 0.5) is 26.3 Å². The summed E-state index contributed by atoms with van der Waals surface area (Å²) in [5, 5.41) is 11.3. The van der Waals surface area contributed by atoms with Crippen molar-refractivity contribution < 1.29 is 93.3 Å². The molecule has 23 heteroatoms. The zero-order valence-electron chi connectivity index (χ0n) is 60.8. The molecule has 0 amide bonds. The number of hydrogen-bond donors (Lipinski definition) is 1. The van der Waals surface area contributed by atoms with E-state index in [1.165, 1.54) is 49.4 Å². The first kappa shape index (κ1) is 83.2. The summed E-state index contributed by atoms with van der Waals surface area (Å²) in [5.74, 6) is -7.71. The Morgan fingerprint density at radius 1 is 0.413 bits per heavy atom. The molecule has 3 fully saturated rings. The topological polar surface area (TPSA) is 179 Å². The number of aliphatic hydroxyl groups is 1. The second-order valence-corrected chi connectivity index (χ2v) is 28.2. The Balaban J connectivity index is 0.000000178. The van der Waals surface area contributed by atoms with E-state index in [1.807, 2.05) is 25.1 Å². The molecule has 3 saturated carbocycles. The van der Waals surface area contributed by atoms with Gasteiger partial charge in [-0.2, -0.15) is 0 Å². The maximum atomic E-state index is 17.3. The molecule has 3 aliphatic carbocycles. The Labute approximate surface area is 644 Å². The second-order valence-electron chi connectivity index (χ2n) is 26.9.